The molecule has 0 radical (unpaired) electrons. The highest BCUT2D eigenvalue weighted by atomic mass is 127. The Morgan fingerprint density at radius 2 is 2.00 bits per heavy atom. The third-order valence-electron chi connectivity index (χ3n) is 3.83. The summed E-state index contributed by atoms with van der Waals surface area (Å²) in [6, 6.07) is 11.9. The maximum absolute atomic E-state index is 12.3. The van der Waals surface area contributed by atoms with Crippen LogP contribution in [0.5, 0.6) is 11.5 Å². The minimum atomic E-state index is -0.594. The Labute approximate surface area is 182 Å². The number of hydrogen-bond acceptors (Lipinski definition) is 6. The summed E-state index contributed by atoms with van der Waals surface area (Å²) in [5.41, 5.74) is 3.86. The second-order valence-corrected chi connectivity index (χ2v) is 7.04. The van der Waals surface area contributed by atoms with Crippen molar-refractivity contribution >= 4 is 40.8 Å². The van der Waals surface area contributed by atoms with Crippen molar-refractivity contribution in [2.24, 2.45) is 5.10 Å². The molecule has 154 valence electrons. The maximum Gasteiger partial charge on any atom is 0.407 e. The number of alkyl carbamates (subject to hydrolysis) is 1. The number of amides is 2. The normalized spacial score (nSPS) is 11.7. The van der Waals surface area contributed by atoms with E-state index in [0.29, 0.717) is 14.9 Å². The van der Waals surface area contributed by atoms with Gasteiger partial charge in [0.05, 0.1) is 36.0 Å². The third-order valence-corrected chi connectivity index (χ3v) is 4.65. The zero-order valence-corrected chi connectivity index (χ0v) is 18.2. The van der Waals surface area contributed by atoms with E-state index in [0.717, 1.165) is 5.56 Å². The Morgan fingerprint density at radius 1 is 1.28 bits per heavy atom. The Morgan fingerprint density at radius 3 is 2.66 bits per heavy atom. The molecule has 0 heterocycles. The molecule has 9 heteroatoms. The molecule has 1 atom stereocenters. The molecular formula is C20H22IN3O5. The van der Waals surface area contributed by atoms with Crippen LogP contribution in [-0.2, 0) is 9.53 Å². The first-order valence-corrected chi connectivity index (χ1v) is 9.89. The van der Waals surface area contributed by atoms with Crippen LogP contribution in [0.25, 0.3) is 0 Å². The standard InChI is InChI=1S/C20H22IN3O5/c1-3-29-20(27)23-16(14-7-5-4-6-8-14)11-18(25)24-22-12-13-9-15(21)19(26)17(10-13)28-2/h4-10,12,16,26H,3,11H2,1-2H3,(H,23,27)(H,24,25)/b22-12-/t16-/m0/s1. The highest BCUT2D eigenvalue weighted by Gasteiger charge is 2.18. The number of phenols is 1. The number of hydrazone groups is 1. The second kappa shape index (κ2) is 11.2. The number of carbonyl (C=O) groups is 2. The van der Waals surface area contributed by atoms with Gasteiger partial charge < -0.3 is 19.9 Å². The van der Waals surface area contributed by atoms with Gasteiger partial charge >= 0.3 is 6.09 Å². The van der Waals surface area contributed by atoms with E-state index in [9.17, 15) is 14.7 Å². The summed E-state index contributed by atoms with van der Waals surface area (Å²) in [5, 5.41) is 16.5. The van der Waals surface area contributed by atoms with Crippen molar-refractivity contribution in [3.05, 3.63) is 57.2 Å². The van der Waals surface area contributed by atoms with Gasteiger partial charge in [-0.3, -0.25) is 4.79 Å². The average molecular weight is 511 g/mol. The molecule has 2 rings (SSSR count). The zero-order chi connectivity index (χ0) is 21.2. The first-order valence-electron chi connectivity index (χ1n) is 8.81. The van der Waals surface area contributed by atoms with Crippen LogP contribution in [0.1, 0.15) is 30.5 Å². The van der Waals surface area contributed by atoms with Gasteiger partial charge in [0.25, 0.3) is 0 Å². The van der Waals surface area contributed by atoms with Crippen molar-refractivity contribution in [3.8, 4) is 11.5 Å². The predicted octanol–water partition coefficient (Wildman–Crippen LogP) is 3.33. The van der Waals surface area contributed by atoms with Gasteiger partial charge in [-0.2, -0.15) is 5.10 Å². The summed E-state index contributed by atoms with van der Waals surface area (Å²) in [7, 11) is 1.45. The lowest BCUT2D eigenvalue weighted by Crippen LogP contribution is -2.33. The summed E-state index contributed by atoms with van der Waals surface area (Å²) in [6.07, 6.45) is 0.831. The molecule has 0 saturated heterocycles. The van der Waals surface area contributed by atoms with Crippen LogP contribution < -0.4 is 15.5 Å². The minimum Gasteiger partial charge on any atom is -0.504 e. The molecule has 0 saturated carbocycles. The van der Waals surface area contributed by atoms with E-state index in [2.05, 4.69) is 15.8 Å². The highest BCUT2D eigenvalue weighted by molar-refractivity contribution is 14.1. The van der Waals surface area contributed by atoms with Crippen molar-refractivity contribution in [2.45, 2.75) is 19.4 Å². The number of hydrogen-bond donors (Lipinski definition) is 3. The summed E-state index contributed by atoms with van der Waals surface area (Å²) in [4.78, 5) is 24.1. The van der Waals surface area contributed by atoms with Gasteiger partial charge in [0.2, 0.25) is 5.91 Å². The van der Waals surface area contributed by atoms with Crippen molar-refractivity contribution in [3.63, 3.8) is 0 Å². The van der Waals surface area contributed by atoms with E-state index < -0.39 is 12.1 Å². The average Bonchev–Trinajstić information content (AvgIpc) is 2.70. The van der Waals surface area contributed by atoms with Crippen molar-refractivity contribution in [1.29, 1.82) is 0 Å². The Bertz CT molecular complexity index is 874. The lowest BCUT2D eigenvalue weighted by atomic mass is 10.0. The van der Waals surface area contributed by atoms with Crippen LogP contribution in [0.4, 0.5) is 4.79 Å². The van der Waals surface area contributed by atoms with Gasteiger partial charge in [0.15, 0.2) is 11.5 Å². The van der Waals surface area contributed by atoms with Gasteiger partial charge in [0.1, 0.15) is 0 Å². The molecule has 0 fully saturated rings. The number of phenolic OH excluding ortho intramolecular Hbond substituents is 1. The van der Waals surface area contributed by atoms with E-state index in [4.69, 9.17) is 9.47 Å². The number of nitrogens with zero attached hydrogens (tertiary/aromatic N) is 1. The number of methoxy groups -OCH3 is 1. The Kier molecular flexibility index (Phi) is 8.71. The molecule has 0 bridgehead atoms. The van der Waals surface area contributed by atoms with E-state index in [1.807, 2.05) is 52.9 Å². The number of ether oxygens (including phenoxy) is 2. The van der Waals surface area contributed by atoms with Crippen LogP contribution >= 0.6 is 22.6 Å². The van der Waals surface area contributed by atoms with Gasteiger partial charge in [-0.15, -0.1) is 0 Å². The number of halogens is 1. The van der Waals surface area contributed by atoms with Crippen LogP contribution in [-0.4, -0.2) is 37.0 Å². The fourth-order valence-corrected chi connectivity index (χ4v) is 3.11. The quantitative estimate of drug-likeness (QED) is 0.286. The lowest BCUT2D eigenvalue weighted by Gasteiger charge is -2.18. The number of carbonyl (C=O) groups excluding carboxylic acids is 2. The molecule has 29 heavy (non-hydrogen) atoms. The molecule has 0 aliphatic heterocycles. The molecule has 0 spiro atoms. The van der Waals surface area contributed by atoms with Crippen molar-refractivity contribution in [1.82, 2.24) is 10.7 Å². The maximum atomic E-state index is 12.3. The SMILES string of the molecule is CCOC(=O)N[C@@H](CC(=O)N/N=C\c1cc(I)c(O)c(OC)c1)c1ccccc1. The first kappa shape index (κ1) is 22.5. The lowest BCUT2D eigenvalue weighted by molar-refractivity contribution is -0.121. The van der Waals surface area contributed by atoms with Crippen LogP contribution in [0.3, 0.4) is 0 Å². The minimum absolute atomic E-state index is 0.0173. The Balaban J connectivity index is 2.03. The monoisotopic (exact) mass is 511 g/mol. The molecule has 2 amide bonds. The molecule has 8 nitrogen and oxygen atoms in total. The van der Waals surface area contributed by atoms with Crippen LogP contribution in [0.2, 0.25) is 0 Å². The van der Waals surface area contributed by atoms with Gasteiger partial charge in [-0.25, -0.2) is 10.2 Å². The van der Waals surface area contributed by atoms with E-state index in [1.165, 1.54) is 13.3 Å². The summed E-state index contributed by atoms with van der Waals surface area (Å²) < 4.78 is 10.6. The fraction of sp³-hybridized carbons (Fsp3) is 0.250. The molecule has 2 aromatic carbocycles. The first-order chi connectivity index (χ1) is 13.9. The largest absolute Gasteiger partial charge is 0.504 e. The zero-order valence-electron chi connectivity index (χ0n) is 16.0. The van der Waals surface area contributed by atoms with Gasteiger partial charge in [-0.1, -0.05) is 30.3 Å². The summed E-state index contributed by atoms with van der Waals surface area (Å²) in [5.74, 6) is -0.0233. The number of benzene rings is 2. The molecule has 0 aliphatic carbocycles. The van der Waals surface area contributed by atoms with Crippen LogP contribution in [0, 0.1) is 3.57 Å². The van der Waals surface area contributed by atoms with E-state index in [-0.39, 0.29) is 24.7 Å². The number of aromatic hydroxyl groups is 1. The fourth-order valence-electron chi connectivity index (χ4n) is 2.49. The van der Waals surface area contributed by atoms with Crippen LogP contribution in [0.15, 0.2) is 47.6 Å². The second-order valence-electron chi connectivity index (χ2n) is 5.88. The molecule has 0 aliphatic rings. The topological polar surface area (TPSA) is 109 Å². The molecule has 3 N–H and O–H groups in total. The third kappa shape index (κ3) is 6.93. The molecule has 0 unspecified atom stereocenters. The van der Waals surface area contributed by atoms with Crippen molar-refractivity contribution < 1.29 is 24.2 Å². The highest BCUT2D eigenvalue weighted by Crippen LogP contribution is 2.31. The molecule has 0 aromatic heterocycles. The predicted molar refractivity (Wildman–Crippen MR) is 117 cm³/mol. The van der Waals surface area contributed by atoms with Crippen molar-refractivity contribution in [2.75, 3.05) is 13.7 Å². The number of rotatable bonds is 8. The summed E-state index contributed by atoms with van der Waals surface area (Å²) >= 11 is 1.97. The summed E-state index contributed by atoms with van der Waals surface area (Å²) in [6.45, 7) is 1.94. The smallest absolute Gasteiger partial charge is 0.407 e. The number of nitrogens with one attached hydrogen (secondary N) is 2. The van der Waals surface area contributed by atoms with Gasteiger partial charge in [-0.05, 0) is 52.8 Å². The van der Waals surface area contributed by atoms with Gasteiger partial charge in [0, 0.05) is 0 Å². The molecule has 2 aromatic rings. The van der Waals surface area contributed by atoms with E-state index in [1.54, 1.807) is 19.1 Å². The Hall–Kier alpha value is -2.82. The van der Waals surface area contributed by atoms with E-state index >= 15 is 0 Å². The molecular weight excluding hydrogens is 489 g/mol.